The maximum absolute atomic E-state index is 8.83. The van der Waals surface area contributed by atoms with Gasteiger partial charge >= 0.3 is 28.9 Å². The minimum atomic E-state index is -4.19. The molecule has 6 nitrogen and oxygen atoms in total. The minimum absolute atomic E-state index is 0.0479. The predicted octanol–water partition coefficient (Wildman–Crippen LogP) is 0.713. The maximum atomic E-state index is 8.83. The summed E-state index contributed by atoms with van der Waals surface area (Å²) in [7, 11) is -4.19. The van der Waals surface area contributed by atoms with Gasteiger partial charge in [-0.25, -0.2) is 0 Å². The molecule has 0 aliphatic heterocycles. The Hall–Kier alpha value is -1.18. The van der Waals surface area contributed by atoms with Crippen molar-refractivity contribution in [3.05, 3.63) is 35.9 Å². The molecule has 22 heavy (non-hydrogen) atoms. The standard InChI is InChI=1S/C15H24N2.ClH3O4/c1-6-17(7-2)14(16-15(3,4)5)13-11-9-8-10-12-13;2-1(3,4)5/h8-12H,6-7H2,1-5H3;2-4H. The van der Waals surface area contributed by atoms with Crippen molar-refractivity contribution in [3.63, 3.8) is 0 Å². The van der Waals surface area contributed by atoms with Crippen molar-refractivity contribution in [2.24, 2.45) is 4.99 Å². The number of nitrogens with zero attached hydrogens (tertiary/aromatic N) is 2. The first-order valence-electron chi connectivity index (χ1n) is 7.04. The predicted molar refractivity (Wildman–Crippen MR) is 82.3 cm³/mol. The van der Waals surface area contributed by atoms with Crippen molar-refractivity contribution in [1.82, 2.24) is 4.90 Å². The molecule has 3 N–H and O–H groups in total. The Bertz CT molecular complexity index is 443. The van der Waals surface area contributed by atoms with E-state index in [-0.39, 0.29) is 5.54 Å². The third-order valence-electron chi connectivity index (χ3n) is 2.54. The topological polar surface area (TPSA) is 99.4 Å². The SMILES string of the molecule is CCN(CC)C(=NC(C)(C)C)c1ccccc1.[O-][Cl+](O)(O)O. The van der Waals surface area contributed by atoms with E-state index in [0.717, 1.165) is 18.9 Å². The van der Waals surface area contributed by atoms with E-state index < -0.39 is 10.2 Å². The number of halogens is 1. The van der Waals surface area contributed by atoms with E-state index in [1.165, 1.54) is 5.56 Å². The van der Waals surface area contributed by atoms with E-state index in [1.807, 2.05) is 6.07 Å². The van der Waals surface area contributed by atoms with Gasteiger partial charge in [0.2, 0.25) is 0 Å². The van der Waals surface area contributed by atoms with Gasteiger partial charge in [0.15, 0.2) is 0 Å². The van der Waals surface area contributed by atoms with Crippen molar-refractivity contribution in [2.75, 3.05) is 13.1 Å². The molecular weight excluding hydrogens is 308 g/mol. The van der Waals surface area contributed by atoms with Gasteiger partial charge in [-0.15, -0.1) is 0 Å². The number of hydrogen-bond donors (Lipinski definition) is 3. The fourth-order valence-corrected chi connectivity index (χ4v) is 1.75. The molecule has 0 unspecified atom stereocenters. The van der Waals surface area contributed by atoms with E-state index in [2.05, 4.69) is 63.8 Å². The van der Waals surface area contributed by atoms with Crippen LogP contribution in [0.3, 0.4) is 0 Å². The second-order valence-electron chi connectivity index (χ2n) is 5.58. The fourth-order valence-electron chi connectivity index (χ4n) is 1.75. The molecule has 0 saturated carbocycles. The molecule has 0 aliphatic rings. The molecule has 0 atom stereocenters. The van der Waals surface area contributed by atoms with Crippen molar-refractivity contribution >= 4 is 5.84 Å². The molecule has 0 aliphatic carbocycles. The molecule has 0 saturated heterocycles. The molecule has 1 rings (SSSR count). The van der Waals surface area contributed by atoms with Gasteiger partial charge in [-0.2, -0.15) is 0 Å². The molecule has 7 heteroatoms. The monoisotopic (exact) mass is 334 g/mol. The average Bonchev–Trinajstić information content (AvgIpc) is 2.36. The Balaban J connectivity index is 0.000000763. The number of hydrogen-bond acceptors (Lipinski definition) is 5. The molecule has 0 amide bonds. The molecule has 0 fully saturated rings. The number of rotatable bonds is 3. The summed E-state index contributed by atoms with van der Waals surface area (Å²) in [6.45, 7) is 12.7. The van der Waals surface area contributed by atoms with Crippen LogP contribution >= 0.6 is 0 Å². The summed E-state index contributed by atoms with van der Waals surface area (Å²) >= 11 is 0. The first kappa shape index (κ1) is 20.8. The van der Waals surface area contributed by atoms with Gasteiger partial charge in [-0.3, -0.25) is 4.99 Å². The zero-order chi connectivity index (χ0) is 17.4. The molecule has 0 spiro atoms. The summed E-state index contributed by atoms with van der Waals surface area (Å²) < 4.78 is 30.2. The van der Waals surface area contributed by atoms with Gasteiger partial charge in [0.1, 0.15) is 5.84 Å². The van der Waals surface area contributed by atoms with Crippen LogP contribution in [0.1, 0.15) is 40.2 Å². The molecule has 1 aromatic rings. The fraction of sp³-hybridized carbons (Fsp3) is 0.533. The first-order chi connectivity index (χ1) is 9.98. The van der Waals surface area contributed by atoms with Crippen LogP contribution in [-0.2, 0) is 0 Å². The van der Waals surface area contributed by atoms with E-state index in [1.54, 1.807) is 0 Å². The van der Waals surface area contributed by atoms with Crippen LogP contribution < -0.4 is 4.66 Å². The number of aliphatic imine (C=N–C) groups is 1. The van der Waals surface area contributed by atoms with Crippen LogP contribution in [0.15, 0.2) is 35.3 Å². The van der Waals surface area contributed by atoms with Gasteiger partial charge in [0, 0.05) is 18.7 Å². The number of amidine groups is 1. The molecule has 0 heterocycles. The van der Waals surface area contributed by atoms with E-state index >= 15 is 0 Å². The second-order valence-corrected chi connectivity index (χ2v) is 6.45. The molecule has 0 radical (unpaired) electrons. The Morgan fingerprint density at radius 3 is 1.82 bits per heavy atom. The average molecular weight is 335 g/mol. The normalized spacial score (nSPS) is 13.2. The summed E-state index contributed by atoms with van der Waals surface area (Å²) in [4.78, 5) is 7.17. The summed E-state index contributed by atoms with van der Waals surface area (Å²) in [5, 5.41) is 0. The third kappa shape index (κ3) is 10.5. The summed E-state index contributed by atoms with van der Waals surface area (Å²) in [6.07, 6.45) is 0. The molecule has 0 aromatic heterocycles. The van der Waals surface area contributed by atoms with Crippen LogP contribution in [0, 0.1) is 10.2 Å². The van der Waals surface area contributed by atoms with Crippen LogP contribution in [0.5, 0.6) is 0 Å². The van der Waals surface area contributed by atoms with Gasteiger partial charge in [0.05, 0.1) is 5.54 Å². The van der Waals surface area contributed by atoms with Gasteiger partial charge in [-0.1, -0.05) is 30.3 Å². The van der Waals surface area contributed by atoms with E-state index in [0.29, 0.717) is 0 Å². The first-order valence-corrected chi connectivity index (χ1v) is 8.36. The van der Waals surface area contributed by atoms with Crippen LogP contribution in [0.2, 0.25) is 0 Å². The van der Waals surface area contributed by atoms with Gasteiger partial charge in [-0.05, 0) is 34.6 Å². The van der Waals surface area contributed by atoms with Gasteiger partial charge < -0.3 is 4.90 Å². The Kier molecular flexibility index (Phi) is 8.58. The van der Waals surface area contributed by atoms with Crippen molar-refractivity contribution in [3.8, 4) is 0 Å². The van der Waals surface area contributed by atoms with Crippen LogP contribution in [-0.4, -0.2) is 43.3 Å². The summed E-state index contributed by atoms with van der Waals surface area (Å²) in [6, 6.07) is 10.4. The molecule has 1 aromatic carbocycles. The summed E-state index contributed by atoms with van der Waals surface area (Å²) in [5.74, 6) is 1.10. The number of benzene rings is 1. The third-order valence-corrected chi connectivity index (χ3v) is 2.54. The second kappa shape index (κ2) is 9.07. The quantitative estimate of drug-likeness (QED) is 0.558. The van der Waals surface area contributed by atoms with Crippen LogP contribution in [0.25, 0.3) is 0 Å². The van der Waals surface area contributed by atoms with Crippen molar-refractivity contribution < 1.29 is 28.9 Å². The summed E-state index contributed by atoms with van der Waals surface area (Å²) in [5.41, 5.74) is 1.15. The molecular formula is C15H27ClN2O4. The van der Waals surface area contributed by atoms with E-state index in [4.69, 9.17) is 23.6 Å². The van der Waals surface area contributed by atoms with Gasteiger partial charge in [0.25, 0.3) is 0 Å². The zero-order valence-corrected chi connectivity index (χ0v) is 14.6. The Labute approximate surface area is 134 Å². The van der Waals surface area contributed by atoms with E-state index in [9.17, 15) is 0 Å². The van der Waals surface area contributed by atoms with Crippen LogP contribution in [0.4, 0.5) is 0 Å². The molecule has 0 bridgehead atoms. The Morgan fingerprint density at radius 1 is 1.09 bits per heavy atom. The Morgan fingerprint density at radius 2 is 1.50 bits per heavy atom. The van der Waals surface area contributed by atoms with Crippen molar-refractivity contribution in [2.45, 2.75) is 40.2 Å². The van der Waals surface area contributed by atoms with Crippen molar-refractivity contribution in [1.29, 1.82) is 0 Å². The molecule has 128 valence electrons. The zero-order valence-electron chi connectivity index (χ0n) is 13.8.